The van der Waals surface area contributed by atoms with Gasteiger partial charge in [0.05, 0.1) is 6.42 Å². The molecule has 0 heterocycles. The van der Waals surface area contributed by atoms with Crippen LogP contribution in [0.1, 0.15) is 19.8 Å². The molecule has 6 heteroatoms. The van der Waals surface area contributed by atoms with Crippen molar-refractivity contribution in [3.8, 4) is 0 Å². The van der Waals surface area contributed by atoms with E-state index in [1.807, 2.05) is 6.26 Å². The normalized spacial score (nSPS) is 11.9. The van der Waals surface area contributed by atoms with Gasteiger partial charge in [-0.2, -0.15) is 11.8 Å². The molecule has 0 spiro atoms. The second-order valence-electron chi connectivity index (χ2n) is 3.12. The van der Waals surface area contributed by atoms with E-state index in [4.69, 9.17) is 5.11 Å². The third kappa shape index (κ3) is 6.96. The SMILES string of the molecule is CSCCC(NC(=O)CC(C)=O)C(=O)O. The number of hydrogen-bond donors (Lipinski definition) is 2. The van der Waals surface area contributed by atoms with Crippen LogP contribution in [-0.2, 0) is 14.4 Å². The predicted molar refractivity (Wildman–Crippen MR) is 57.9 cm³/mol. The summed E-state index contributed by atoms with van der Waals surface area (Å²) in [7, 11) is 0. The highest BCUT2D eigenvalue weighted by Gasteiger charge is 2.19. The predicted octanol–water partition coefficient (Wildman–Crippen LogP) is 0.288. The van der Waals surface area contributed by atoms with Crippen LogP contribution < -0.4 is 5.32 Å². The molecule has 0 rings (SSSR count). The number of carboxylic acid groups (broad SMARTS) is 1. The molecule has 0 aliphatic carbocycles. The molecule has 5 nitrogen and oxygen atoms in total. The van der Waals surface area contributed by atoms with Crippen molar-refractivity contribution in [3.05, 3.63) is 0 Å². The fraction of sp³-hybridized carbons (Fsp3) is 0.667. The van der Waals surface area contributed by atoms with E-state index >= 15 is 0 Å². The van der Waals surface area contributed by atoms with Gasteiger partial charge in [0.2, 0.25) is 5.91 Å². The van der Waals surface area contributed by atoms with Crippen molar-refractivity contribution in [3.63, 3.8) is 0 Å². The Morgan fingerprint density at radius 2 is 2.00 bits per heavy atom. The van der Waals surface area contributed by atoms with E-state index in [0.717, 1.165) is 0 Å². The molecule has 0 radical (unpaired) electrons. The second kappa shape index (κ2) is 7.28. The van der Waals surface area contributed by atoms with Gasteiger partial charge in [0, 0.05) is 0 Å². The monoisotopic (exact) mass is 233 g/mol. The number of rotatable bonds is 7. The van der Waals surface area contributed by atoms with E-state index in [1.165, 1.54) is 18.7 Å². The number of carbonyl (C=O) groups excluding carboxylic acids is 2. The van der Waals surface area contributed by atoms with Gasteiger partial charge < -0.3 is 10.4 Å². The molecular formula is C9H15NO4S. The highest BCUT2D eigenvalue weighted by Crippen LogP contribution is 2.01. The van der Waals surface area contributed by atoms with E-state index < -0.39 is 17.9 Å². The summed E-state index contributed by atoms with van der Waals surface area (Å²) in [6, 6.07) is -0.899. The molecule has 0 aliphatic rings. The average Bonchev–Trinajstić information content (AvgIpc) is 2.10. The minimum atomic E-state index is -1.07. The Labute approximate surface area is 92.6 Å². The minimum Gasteiger partial charge on any atom is -0.480 e. The highest BCUT2D eigenvalue weighted by atomic mass is 32.2. The standard InChI is InChI=1S/C9H15NO4S/c1-6(11)5-8(12)10-7(9(13)14)3-4-15-2/h7H,3-5H2,1-2H3,(H,10,12)(H,13,14). The van der Waals surface area contributed by atoms with E-state index in [2.05, 4.69) is 5.32 Å². The molecule has 15 heavy (non-hydrogen) atoms. The van der Waals surface area contributed by atoms with Crippen LogP contribution in [0.2, 0.25) is 0 Å². The first-order valence-corrected chi connectivity index (χ1v) is 5.87. The van der Waals surface area contributed by atoms with Crippen LogP contribution in [0.25, 0.3) is 0 Å². The topological polar surface area (TPSA) is 83.5 Å². The van der Waals surface area contributed by atoms with E-state index in [1.54, 1.807) is 0 Å². The van der Waals surface area contributed by atoms with Gasteiger partial charge in [0.25, 0.3) is 0 Å². The zero-order valence-electron chi connectivity index (χ0n) is 8.78. The molecule has 0 aromatic rings. The maximum absolute atomic E-state index is 11.1. The van der Waals surface area contributed by atoms with Crippen LogP contribution in [-0.4, -0.2) is 40.8 Å². The Balaban J connectivity index is 4.10. The molecule has 0 saturated carbocycles. The maximum atomic E-state index is 11.1. The van der Waals surface area contributed by atoms with E-state index in [9.17, 15) is 14.4 Å². The van der Waals surface area contributed by atoms with Crippen molar-refractivity contribution in [2.45, 2.75) is 25.8 Å². The molecule has 86 valence electrons. The molecule has 0 bridgehead atoms. The van der Waals surface area contributed by atoms with E-state index in [0.29, 0.717) is 12.2 Å². The number of amides is 1. The number of carbonyl (C=O) groups is 3. The number of Topliss-reactive ketones (excluding diaryl/α,β-unsaturated/α-hetero) is 1. The smallest absolute Gasteiger partial charge is 0.326 e. The third-order valence-electron chi connectivity index (χ3n) is 1.65. The van der Waals surface area contributed by atoms with Gasteiger partial charge >= 0.3 is 5.97 Å². The van der Waals surface area contributed by atoms with Crippen molar-refractivity contribution >= 4 is 29.4 Å². The number of thioether (sulfide) groups is 1. The molecule has 1 amide bonds. The number of ketones is 1. The molecule has 0 fully saturated rings. The van der Waals surface area contributed by atoms with Crippen molar-refractivity contribution in [2.24, 2.45) is 0 Å². The first kappa shape index (κ1) is 14.0. The van der Waals surface area contributed by atoms with Gasteiger partial charge in [0.15, 0.2) is 0 Å². The first-order valence-electron chi connectivity index (χ1n) is 4.48. The largest absolute Gasteiger partial charge is 0.480 e. The van der Waals surface area contributed by atoms with Gasteiger partial charge in [-0.05, 0) is 25.4 Å². The van der Waals surface area contributed by atoms with Gasteiger partial charge in [-0.15, -0.1) is 0 Å². The van der Waals surface area contributed by atoms with Gasteiger partial charge in [-0.25, -0.2) is 4.79 Å². The number of hydrogen-bond acceptors (Lipinski definition) is 4. The van der Waals surface area contributed by atoms with Gasteiger partial charge in [0.1, 0.15) is 11.8 Å². The van der Waals surface area contributed by atoms with E-state index in [-0.39, 0.29) is 12.2 Å². The minimum absolute atomic E-state index is 0.261. The lowest BCUT2D eigenvalue weighted by molar-refractivity contribution is -0.142. The van der Waals surface area contributed by atoms with Crippen LogP contribution in [0.4, 0.5) is 0 Å². The van der Waals surface area contributed by atoms with Crippen LogP contribution in [0, 0.1) is 0 Å². The Kier molecular flexibility index (Phi) is 6.77. The summed E-state index contributed by atoms with van der Waals surface area (Å²) in [6.07, 6.45) is 1.96. The van der Waals surface area contributed by atoms with Crippen LogP contribution in [0.3, 0.4) is 0 Å². The molecule has 1 unspecified atom stereocenters. The Hall–Kier alpha value is -1.04. The Bertz CT molecular complexity index is 254. The van der Waals surface area contributed by atoms with Gasteiger partial charge in [-0.3, -0.25) is 9.59 Å². The lowest BCUT2D eigenvalue weighted by Gasteiger charge is -2.13. The summed E-state index contributed by atoms with van der Waals surface area (Å²) in [5, 5.41) is 11.1. The molecule has 0 saturated heterocycles. The number of nitrogens with one attached hydrogen (secondary N) is 1. The fourth-order valence-corrected chi connectivity index (χ4v) is 1.44. The Morgan fingerprint density at radius 1 is 1.40 bits per heavy atom. The maximum Gasteiger partial charge on any atom is 0.326 e. The quantitative estimate of drug-likeness (QED) is 0.617. The van der Waals surface area contributed by atoms with Gasteiger partial charge in [-0.1, -0.05) is 0 Å². The number of aliphatic carboxylic acids is 1. The molecule has 0 aromatic carbocycles. The van der Waals surface area contributed by atoms with Crippen molar-refractivity contribution in [1.82, 2.24) is 5.32 Å². The zero-order valence-corrected chi connectivity index (χ0v) is 9.60. The highest BCUT2D eigenvalue weighted by molar-refractivity contribution is 7.98. The van der Waals surface area contributed by atoms with Crippen LogP contribution in [0.5, 0.6) is 0 Å². The summed E-state index contributed by atoms with van der Waals surface area (Å²) in [5.74, 6) is -1.23. The third-order valence-corrected chi connectivity index (χ3v) is 2.30. The summed E-state index contributed by atoms with van der Waals surface area (Å²) in [6.45, 7) is 1.29. The van der Waals surface area contributed by atoms with Crippen molar-refractivity contribution < 1.29 is 19.5 Å². The average molecular weight is 233 g/mol. The summed E-state index contributed by atoms with van der Waals surface area (Å²) in [5.41, 5.74) is 0. The summed E-state index contributed by atoms with van der Waals surface area (Å²) in [4.78, 5) is 32.5. The fourth-order valence-electron chi connectivity index (χ4n) is 0.965. The summed E-state index contributed by atoms with van der Waals surface area (Å²) >= 11 is 1.51. The van der Waals surface area contributed by atoms with Crippen LogP contribution in [0.15, 0.2) is 0 Å². The Morgan fingerprint density at radius 3 is 2.40 bits per heavy atom. The lowest BCUT2D eigenvalue weighted by atomic mass is 10.2. The summed E-state index contributed by atoms with van der Waals surface area (Å²) < 4.78 is 0. The molecular weight excluding hydrogens is 218 g/mol. The lowest BCUT2D eigenvalue weighted by Crippen LogP contribution is -2.41. The molecule has 1 atom stereocenters. The van der Waals surface area contributed by atoms with Crippen LogP contribution >= 0.6 is 11.8 Å². The molecule has 0 aliphatic heterocycles. The number of carboxylic acids is 1. The van der Waals surface area contributed by atoms with Crippen molar-refractivity contribution in [2.75, 3.05) is 12.0 Å². The zero-order chi connectivity index (χ0) is 11.8. The molecule has 2 N–H and O–H groups in total. The second-order valence-corrected chi connectivity index (χ2v) is 4.10. The van der Waals surface area contributed by atoms with Crippen molar-refractivity contribution in [1.29, 1.82) is 0 Å². The molecule has 0 aromatic heterocycles. The first-order chi connectivity index (χ1) is 6.97.